The lowest BCUT2D eigenvalue weighted by molar-refractivity contribution is -0.384. The number of nitrogens with zero attached hydrogens (tertiary/aromatic N) is 6. The fourth-order valence-electron chi connectivity index (χ4n) is 3.29. The molecule has 1 saturated heterocycles. The van der Waals surface area contributed by atoms with Crippen molar-refractivity contribution in [3.8, 4) is 5.82 Å². The predicted molar refractivity (Wildman–Crippen MR) is 111 cm³/mol. The van der Waals surface area contributed by atoms with Crippen LogP contribution in [0.2, 0.25) is 5.02 Å². The molecule has 30 heavy (non-hydrogen) atoms. The van der Waals surface area contributed by atoms with Gasteiger partial charge in [0.1, 0.15) is 17.2 Å². The Kier molecular flexibility index (Phi) is 5.08. The number of rotatable bonds is 5. The summed E-state index contributed by atoms with van der Waals surface area (Å²) in [4.78, 5) is 33.4. The quantitative estimate of drug-likeness (QED) is 0.491. The molecule has 154 valence electrons. The molecular weight excluding hydrogens is 410 g/mol. The lowest BCUT2D eigenvalue weighted by Crippen LogP contribution is -2.52. The molecule has 0 unspecified atom stereocenters. The summed E-state index contributed by atoms with van der Waals surface area (Å²) in [6.45, 7) is 4.83. The second-order valence-corrected chi connectivity index (χ2v) is 7.49. The van der Waals surface area contributed by atoms with E-state index in [0.717, 1.165) is 11.4 Å². The van der Waals surface area contributed by atoms with Crippen LogP contribution >= 0.6 is 11.6 Å². The molecule has 0 aliphatic carbocycles. The first-order valence-corrected chi connectivity index (χ1v) is 9.55. The van der Waals surface area contributed by atoms with Crippen LogP contribution in [0.4, 0.5) is 17.2 Å². The van der Waals surface area contributed by atoms with Crippen LogP contribution in [0, 0.1) is 29.9 Å². The van der Waals surface area contributed by atoms with Crippen molar-refractivity contribution in [3.05, 3.63) is 63.2 Å². The molecule has 10 nitrogen and oxygen atoms in total. The molecule has 1 aliphatic heterocycles. The minimum Gasteiger partial charge on any atom is -0.355 e. The van der Waals surface area contributed by atoms with E-state index >= 15 is 0 Å². The zero-order valence-electron chi connectivity index (χ0n) is 16.2. The van der Waals surface area contributed by atoms with Gasteiger partial charge in [-0.15, -0.1) is 0 Å². The normalized spacial score (nSPS) is 13.8. The number of anilines is 2. The van der Waals surface area contributed by atoms with E-state index in [1.807, 2.05) is 30.9 Å². The topological polar surface area (TPSA) is 119 Å². The van der Waals surface area contributed by atoms with Crippen molar-refractivity contribution in [3.63, 3.8) is 0 Å². The van der Waals surface area contributed by atoms with E-state index in [0.29, 0.717) is 30.4 Å². The third kappa shape index (κ3) is 3.81. The standard InChI is InChI=1S/C19H18ClN7O3/c1-11-5-12(2)26(24-11)18-7-17(21-10-22-18)25-8-13(9-25)19(28)23-14-3-4-15(20)16(6-14)27(29)30/h3-7,10,13H,8-9H2,1-2H3,(H,23,28). The number of halogens is 1. The predicted octanol–water partition coefficient (Wildman–Crippen LogP) is 2.92. The van der Waals surface area contributed by atoms with E-state index in [9.17, 15) is 14.9 Å². The first-order valence-electron chi connectivity index (χ1n) is 9.17. The SMILES string of the molecule is Cc1cc(C)n(-c2cc(N3CC(C(=O)Nc4ccc(Cl)c([N+](=O)[O-])c4)C3)ncn2)n1. The van der Waals surface area contributed by atoms with Gasteiger partial charge in [0.2, 0.25) is 5.91 Å². The third-order valence-electron chi connectivity index (χ3n) is 4.85. The average Bonchev–Trinajstić information content (AvgIpc) is 3.00. The molecule has 0 saturated carbocycles. The van der Waals surface area contributed by atoms with Crippen LogP contribution in [0.5, 0.6) is 0 Å². The monoisotopic (exact) mass is 427 g/mol. The summed E-state index contributed by atoms with van der Waals surface area (Å²) in [5.74, 6) is 0.897. The van der Waals surface area contributed by atoms with Gasteiger partial charge < -0.3 is 10.2 Å². The molecule has 4 rings (SSSR count). The van der Waals surface area contributed by atoms with Crippen molar-refractivity contribution < 1.29 is 9.72 Å². The number of benzene rings is 1. The summed E-state index contributed by atoms with van der Waals surface area (Å²) in [6.07, 6.45) is 1.47. The number of carbonyl (C=O) groups excluding carboxylic acids is 1. The van der Waals surface area contributed by atoms with Crippen molar-refractivity contribution in [2.75, 3.05) is 23.3 Å². The summed E-state index contributed by atoms with van der Waals surface area (Å²) in [7, 11) is 0. The van der Waals surface area contributed by atoms with Gasteiger partial charge in [0.15, 0.2) is 5.82 Å². The number of hydrogen-bond donors (Lipinski definition) is 1. The average molecular weight is 428 g/mol. The van der Waals surface area contributed by atoms with E-state index < -0.39 is 4.92 Å². The van der Waals surface area contributed by atoms with Gasteiger partial charge in [0, 0.05) is 36.6 Å². The smallest absolute Gasteiger partial charge is 0.289 e. The number of amides is 1. The largest absolute Gasteiger partial charge is 0.355 e. The highest BCUT2D eigenvalue weighted by atomic mass is 35.5. The first-order chi connectivity index (χ1) is 14.3. The maximum absolute atomic E-state index is 12.5. The van der Waals surface area contributed by atoms with E-state index in [2.05, 4.69) is 20.4 Å². The van der Waals surface area contributed by atoms with Crippen LogP contribution in [0.3, 0.4) is 0 Å². The van der Waals surface area contributed by atoms with Gasteiger partial charge in [-0.1, -0.05) is 11.6 Å². The van der Waals surface area contributed by atoms with Crippen LogP contribution in [-0.4, -0.2) is 43.7 Å². The summed E-state index contributed by atoms with van der Waals surface area (Å²) in [6, 6.07) is 7.98. The van der Waals surface area contributed by atoms with Gasteiger partial charge in [-0.3, -0.25) is 14.9 Å². The van der Waals surface area contributed by atoms with E-state index in [-0.39, 0.29) is 22.5 Å². The Hall–Kier alpha value is -3.53. The Morgan fingerprint density at radius 2 is 1.93 bits per heavy atom. The molecule has 0 atom stereocenters. The molecule has 0 radical (unpaired) electrons. The van der Waals surface area contributed by atoms with Gasteiger partial charge in [-0.25, -0.2) is 14.6 Å². The van der Waals surface area contributed by atoms with Gasteiger partial charge in [-0.05, 0) is 32.0 Å². The fraction of sp³-hybridized carbons (Fsp3) is 0.263. The number of nitro groups is 1. The fourth-order valence-corrected chi connectivity index (χ4v) is 3.48. The molecular formula is C19H18ClN7O3. The minimum absolute atomic E-state index is 0.0231. The number of carbonyl (C=O) groups is 1. The van der Waals surface area contributed by atoms with Crippen LogP contribution in [0.1, 0.15) is 11.4 Å². The van der Waals surface area contributed by atoms with E-state index in [1.54, 1.807) is 4.68 Å². The Morgan fingerprint density at radius 3 is 2.60 bits per heavy atom. The molecule has 0 spiro atoms. The Morgan fingerprint density at radius 1 is 1.20 bits per heavy atom. The third-order valence-corrected chi connectivity index (χ3v) is 5.17. The Balaban J connectivity index is 1.41. The molecule has 1 aromatic carbocycles. The van der Waals surface area contributed by atoms with Crippen molar-refractivity contribution in [1.29, 1.82) is 0 Å². The molecule has 2 aromatic heterocycles. The molecule has 1 amide bonds. The van der Waals surface area contributed by atoms with Gasteiger partial charge in [0.25, 0.3) is 5.69 Å². The van der Waals surface area contributed by atoms with Crippen LogP contribution in [-0.2, 0) is 4.79 Å². The van der Waals surface area contributed by atoms with Gasteiger partial charge in [-0.2, -0.15) is 5.10 Å². The van der Waals surface area contributed by atoms with Crippen molar-refractivity contribution >= 4 is 34.7 Å². The molecule has 1 aliphatic rings. The van der Waals surface area contributed by atoms with Crippen LogP contribution in [0.25, 0.3) is 5.82 Å². The lowest BCUT2D eigenvalue weighted by atomic mass is 9.99. The highest BCUT2D eigenvalue weighted by molar-refractivity contribution is 6.32. The highest BCUT2D eigenvalue weighted by Gasteiger charge is 2.34. The van der Waals surface area contributed by atoms with Gasteiger partial charge in [0.05, 0.1) is 16.5 Å². The van der Waals surface area contributed by atoms with Crippen molar-refractivity contribution in [2.24, 2.45) is 5.92 Å². The number of hydrogen-bond acceptors (Lipinski definition) is 7. The molecule has 1 N–H and O–H groups in total. The molecule has 1 fully saturated rings. The van der Waals surface area contributed by atoms with Crippen molar-refractivity contribution in [1.82, 2.24) is 19.7 Å². The number of aryl methyl sites for hydroxylation is 2. The Labute approximate surface area is 176 Å². The maximum atomic E-state index is 12.5. The maximum Gasteiger partial charge on any atom is 0.289 e. The Bertz CT molecular complexity index is 1140. The van der Waals surface area contributed by atoms with Crippen molar-refractivity contribution in [2.45, 2.75) is 13.8 Å². The van der Waals surface area contributed by atoms with E-state index in [4.69, 9.17) is 11.6 Å². The van der Waals surface area contributed by atoms with Gasteiger partial charge >= 0.3 is 0 Å². The molecule has 3 aromatic rings. The molecule has 11 heteroatoms. The van der Waals surface area contributed by atoms with Crippen LogP contribution in [0.15, 0.2) is 36.7 Å². The number of nitrogens with one attached hydrogen (secondary N) is 1. The molecule has 0 bridgehead atoms. The van der Waals surface area contributed by atoms with E-state index in [1.165, 1.54) is 24.5 Å². The second kappa shape index (κ2) is 7.71. The highest BCUT2D eigenvalue weighted by Crippen LogP contribution is 2.29. The summed E-state index contributed by atoms with van der Waals surface area (Å²) >= 11 is 5.80. The zero-order chi connectivity index (χ0) is 21.4. The lowest BCUT2D eigenvalue weighted by Gasteiger charge is -2.39. The summed E-state index contributed by atoms with van der Waals surface area (Å²) in [5.41, 5.74) is 1.96. The summed E-state index contributed by atoms with van der Waals surface area (Å²) in [5, 5.41) is 18.2. The first kappa shape index (κ1) is 19.8. The number of nitro benzene ring substituents is 1. The minimum atomic E-state index is -0.585. The zero-order valence-corrected chi connectivity index (χ0v) is 17.0. The molecule has 3 heterocycles. The second-order valence-electron chi connectivity index (χ2n) is 7.09. The summed E-state index contributed by atoms with van der Waals surface area (Å²) < 4.78 is 1.75. The number of aromatic nitrogens is 4. The van der Waals surface area contributed by atoms with Crippen LogP contribution < -0.4 is 10.2 Å².